The van der Waals surface area contributed by atoms with Crippen LogP contribution in [0.1, 0.15) is 53.4 Å². The van der Waals surface area contributed by atoms with Crippen LogP contribution in [0.3, 0.4) is 0 Å². The van der Waals surface area contributed by atoms with E-state index in [0.29, 0.717) is 29.6 Å². The number of rotatable bonds is 7. The second kappa shape index (κ2) is 9.89. The topological polar surface area (TPSA) is 78.9 Å². The third kappa shape index (κ3) is 5.58. The van der Waals surface area contributed by atoms with E-state index in [-0.39, 0.29) is 11.7 Å². The number of aryl methyl sites for hydroxylation is 1. The van der Waals surface area contributed by atoms with E-state index < -0.39 is 5.97 Å². The zero-order valence-electron chi connectivity index (χ0n) is 16.9. The Kier molecular flexibility index (Phi) is 7.28. The number of ether oxygens (including phenoxy) is 1. The number of aromatic hydroxyl groups is 1. The van der Waals surface area contributed by atoms with Gasteiger partial charge in [0.05, 0.1) is 18.7 Å². The van der Waals surface area contributed by atoms with Crippen LogP contribution >= 0.6 is 11.3 Å². The molecule has 0 unspecified atom stereocenters. The second-order valence-electron chi connectivity index (χ2n) is 7.22. The number of carbonyl (C=O) groups is 2. The number of carbonyl (C=O) groups excluding carboxylic acids is 2. The van der Waals surface area contributed by atoms with Crippen LogP contribution in [0.15, 0.2) is 30.3 Å². The summed E-state index contributed by atoms with van der Waals surface area (Å²) in [5.41, 5.74) is 1.67. The number of hydrogen-bond donors (Lipinski definition) is 2. The van der Waals surface area contributed by atoms with Crippen LogP contribution in [-0.4, -0.2) is 48.1 Å². The summed E-state index contributed by atoms with van der Waals surface area (Å²) in [6.07, 6.45) is 2.76. The Morgan fingerprint density at radius 1 is 1.21 bits per heavy atom. The van der Waals surface area contributed by atoms with Gasteiger partial charge in [-0.15, -0.1) is 11.3 Å². The number of anilines is 1. The number of nitrogens with zero attached hydrogens (tertiary/aromatic N) is 1. The van der Waals surface area contributed by atoms with Gasteiger partial charge >= 0.3 is 5.97 Å². The van der Waals surface area contributed by atoms with Crippen molar-refractivity contribution < 1.29 is 19.4 Å². The summed E-state index contributed by atoms with van der Waals surface area (Å²) < 4.78 is 5.11. The normalized spacial score (nSPS) is 15.2. The predicted molar refractivity (Wildman–Crippen MR) is 115 cm³/mol. The summed E-state index contributed by atoms with van der Waals surface area (Å²) in [5, 5.41) is 12.9. The van der Waals surface area contributed by atoms with Crippen molar-refractivity contribution >= 4 is 28.2 Å². The molecule has 3 rings (SSSR count). The lowest BCUT2D eigenvalue weighted by Crippen LogP contribution is -2.38. The van der Waals surface area contributed by atoms with E-state index in [1.54, 1.807) is 25.1 Å². The third-order valence-electron chi connectivity index (χ3n) is 5.20. The first-order valence-corrected chi connectivity index (χ1v) is 10.9. The molecule has 1 aromatic heterocycles. The molecule has 1 fully saturated rings. The maximum absolute atomic E-state index is 12.6. The molecule has 0 saturated carbocycles. The quantitative estimate of drug-likeness (QED) is 0.667. The average Bonchev–Trinajstić information content (AvgIpc) is 3.12. The zero-order valence-corrected chi connectivity index (χ0v) is 17.8. The van der Waals surface area contributed by atoms with E-state index in [4.69, 9.17) is 4.74 Å². The van der Waals surface area contributed by atoms with E-state index >= 15 is 0 Å². The van der Waals surface area contributed by atoms with Crippen LogP contribution in [0.5, 0.6) is 5.75 Å². The van der Waals surface area contributed by atoms with Crippen molar-refractivity contribution in [1.29, 1.82) is 0 Å². The number of phenolic OH excluding ortho intramolecular Hbond substituents is 1. The van der Waals surface area contributed by atoms with Gasteiger partial charge in [-0.25, -0.2) is 4.79 Å². The minimum absolute atomic E-state index is 0.108. The molecule has 1 aliphatic rings. The second-order valence-corrected chi connectivity index (χ2v) is 8.36. The average molecular weight is 417 g/mol. The van der Waals surface area contributed by atoms with Gasteiger partial charge in [-0.3, -0.25) is 9.69 Å². The summed E-state index contributed by atoms with van der Waals surface area (Å²) in [6.45, 7) is 6.09. The van der Waals surface area contributed by atoms with Crippen LogP contribution in [0.2, 0.25) is 0 Å². The minimum Gasteiger partial charge on any atom is -0.508 e. The van der Waals surface area contributed by atoms with E-state index in [1.807, 2.05) is 19.1 Å². The number of phenols is 1. The molecule has 7 heteroatoms. The lowest BCUT2D eigenvalue weighted by Gasteiger charge is -2.31. The van der Waals surface area contributed by atoms with Gasteiger partial charge in [0, 0.05) is 4.88 Å². The summed E-state index contributed by atoms with van der Waals surface area (Å²) in [4.78, 5) is 27.9. The number of thiophene rings is 1. The number of esters is 1. The fraction of sp³-hybridized carbons (Fsp3) is 0.455. The van der Waals surface area contributed by atoms with Crippen molar-refractivity contribution in [2.45, 2.75) is 39.0 Å². The Morgan fingerprint density at radius 2 is 1.90 bits per heavy atom. The van der Waals surface area contributed by atoms with Crippen LogP contribution in [-0.2, 0) is 16.0 Å². The minimum atomic E-state index is -0.395. The highest BCUT2D eigenvalue weighted by atomic mass is 32.1. The first-order valence-electron chi connectivity index (χ1n) is 10.1. The fourth-order valence-electron chi connectivity index (χ4n) is 3.61. The van der Waals surface area contributed by atoms with Crippen LogP contribution < -0.4 is 5.32 Å². The molecule has 6 nitrogen and oxygen atoms in total. The monoisotopic (exact) mass is 416 g/mol. The summed E-state index contributed by atoms with van der Waals surface area (Å²) in [7, 11) is 0. The first kappa shape index (κ1) is 21.3. The standard InChI is InChI=1S/C22H28N2O4S/c1-3-18-13-19(22(27)28-4-2)21(29-18)23-20(26)14-24-11-9-16(10-12-24)15-5-7-17(25)8-6-15/h5-8,13,16,25H,3-4,9-12,14H2,1-2H3,(H,23,26). The fourth-order valence-corrected chi connectivity index (χ4v) is 4.61. The highest BCUT2D eigenvalue weighted by molar-refractivity contribution is 7.16. The number of nitrogens with one attached hydrogen (secondary N) is 1. The van der Waals surface area contributed by atoms with E-state index in [0.717, 1.165) is 37.2 Å². The van der Waals surface area contributed by atoms with Gasteiger partial charge in [0.2, 0.25) is 5.91 Å². The lowest BCUT2D eigenvalue weighted by atomic mass is 9.89. The molecule has 2 heterocycles. The molecular weight excluding hydrogens is 388 g/mol. The highest BCUT2D eigenvalue weighted by Gasteiger charge is 2.23. The SMILES string of the molecule is CCOC(=O)c1cc(CC)sc1NC(=O)CN1CCC(c2ccc(O)cc2)CC1. The summed E-state index contributed by atoms with van der Waals surface area (Å²) in [5.74, 6) is 0.233. The molecule has 0 bridgehead atoms. The van der Waals surface area contributed by atoms with Crippen molar-refractivity contribution in [1.82, 2.24) is 4.90 Å². The molecule has 2 N–H and O–H groups in total. The van der Waals surface area contributed by atoms with Gasteiger partial charge < -0.3 is 15.2 Å². The molecule has 0 aliphatic carbocycles. The van der Waals surface area contributed by atoms with Crippen LogP contribution in [0, 0.1) is 0 Å². The van der Waals surface area contributed by atoms with Gasteiger partial charge in [-0.1, -0.05) is 19.1 Å². The Morgan fingerprint density at radius 3 is 2.52 bits per heavy atom. The molecule has 1 aliphatic heterocycles. The maximum atomic E-state index is 12.6. The van der Waals surface area contributed by atoms with Gasteiger partial charge in [0.1, 0.15) is 10.8 Å². The molecule has 1 aromatic carbocycles. The Balaban J connectivity index is 1.54. The van der Waals surface area contributed by atoms with Crippen molar-refractivity contribution in [2.24, 2.45) is 0 Å². The van der Waals surface area contributed by atoms with E-state index in [2.05, 4.69) is 10.2 Å². The van der Waals surface area contributed by atoms with Gasteiger partial charge in [-0.05, 0) is 69.0 Å². The molecule has 0 spiro atoms. The molecule has 1 saturated heterocycles. The van der Waals surface area contributed by atoms with Crippen molar-refractivity contribution in [3.63, 3.8) is 0 Å². The van der Waals surface area contributed by atoms with Crippen LogP contribution in [0.4, 0.5) is 5.00 Å². The van der Waals surface area contributed by atoms with E-state index in [1.165, 1.54) is 16.9 Å². The Hall–Kier alpha value is -2.38. The maximum Gasteiger partial charge on any atom is 0.341 e. The summed E-state index contributed by atoms with van der Waals surface area (Å²) in [6, 6.07) is 9.20. The van der Waals surface area contributed by atoms with Gasteiger partial charge in [0.25, 0.3) is 0 Å². The lowest BCUT2D eigenvalue weighted by molar-refractivity contribution is -0.117. The molecule has 0 atom stereocenters. The number of piperidine rings is 1. The first-order chi connectivity index (χ1) is 14.0. The molecule has 2 aromatic rings. The largest absolute Gasteiger partial charge is 0.508 e. The summed E-state index contributed by atoms with van der Waals surface area (Å²) >= 11 is 1.43. The molecule has 29 heavy (non-hydrogen) atoms. The number of amides is 1. The smallest absolute Gasteiger partial charge is 0.341 e. The van der Waals surface area contributed by atoms with Crippen LogP contribution in [0.25, 0.3) is 0 Å². The van der Waals surface area contributed by atoms with Crippen molar-refractivity contribution in [3.05, 3.63) is 46.3 Å². The third-order valence-corrected chi connectivity index (χ3v) is 6.39. The molecule has 1 amide bonds. The Bertz CT molecular complexity index is 839. The van der Waals surface area contributed by atoms with Gasteiger partial charge in [-0.2, -0.15) is 0 Å². The predicted octanol–water partition coefficient (Wildman–Crippen LogP) is 4.01. The number of benzene rings is 1. The molecule has 0 radical (unpaired) electrons. The molecular formula is C22H28N2O4S. The molecule has 156 valence electrons. The number of likely N-dealkylation sites (tertiary alicyclic amines) is 1. The number of hydrogen-bond acceptors (Lipinski definition) is 6. The Labute approximate surface area is 175 Å². The highest BCUT2D eigenvalue weighted by Crippen LogP contribution is 2.31. The van der Waals surface area contributed by atoms with Crippen molar-refractivity contribution in [2.75, 3.05) is 31.6 Å². The van der Waals surface area contributed by atoms with Gasteiger partial charge in [0.15, 0.2) is 0 Å². The zero-order chi connectivity index (χ0) is 20.8. The van der Waals surface area contributed by atoms with E-state index in [9.17, 15) is 14.7 Å². The van der Waals surface area contributed by atoms with Crippen molar-refractivity contribution in [3.8, 4) is 5.75 Å².